The quantitative estimate of drug-likeness (QED) is 0.0299. The van der Waals surface area contributed by atoms with Crippen molar-refractivity contribution in [2.24, 2.45) is 5.92 Å². The molecule has 4 aliphatic rings. The molecule has 15 aromatic rings. The number of aryl methyl sites for hydroxylation is 4. The molecule has 0 saturated heterocycles. The largest absolute Gasteiger partial charge is 0.481 e. The lowest BCUT2D eigenvalue weighted by atomic mass is 9.90. The van der Waals surface area contributed by atoms with Crippen LogP contribution in [0.2, 0.25) is 0 Å². The summed E-state index contributed by atoms with van der Waals surface area (Å²) in [5.41, 5.74) is 10.8. The summed E-state index contributed by atoms with van der Waals surface area (Å²) in [6.07, 6.45) is 20.8. The zero-order valence-electron chi connectivity index (χ0n) is 66.2. The number of amides is 5. The summed E-state index contributed by atoms with van der Waals surface area (Å²) in [5, 5.41) is 52.0. The monoisotopic (exact) mass is 1630 g/mol. The number of allylic oxidation sites excluding steroid dienone is 2. The van der Waals surface area contributed by atoms with Gasteiger partial charge in [-0.3, -0.25) is 85.6 Å². The molecule has 1 aliphatic heterocycles. The predicted molar refractivity (Wildman–Crippen MR) is 454 cm³/mol. The third-order valence-electron chi connectivity index (χ3n) is 19.2. The van der Waals surface area contributed by atoms with Gasteiger partial charge in [-0.1, -0.05) is 109 Å². The van der Waals surface area contributed by atoms with Crippen molar-refractivity contribution in [3.05, 3.63) is 294 Å². The molecule has 612 valence electrons. The van der Waals surface area contributed by atoms with E-state index in [1.165, 1.54) is 24.0 Å². The summed E-state index contributed by atoms with van der Waals surface area (Å²) in [7, 11) is 0. The first-order valence-corrected chi connectivity index (χ1v) is 39.4. The topological polar surface area (TPSA) is 442 Å². The molecule has 9 aromatic heterocycles. The molecule has 10 heterocycles. The Balaban J connectivity index is 0.000000119. The fraction of sp³-hybridized carbons (Fsp3) is 0.180. The molecule has 1 unspecified atom stereocenters. The van der Waals surface area contributed by atoms with E-state index in [1.807, 2.05) is 127 Å². The van der Waals surface area contributed by atoms with Crippen LogP contribution in [0.4, 0.5) is 35.2 Å². The number of aromatic nitrogens is 18. The summed E-state index contributed by atoms with van der Waals surface area (Å²) >= 11 is 0. The van der Waals surface area contributed by atoms with Crippen molar-refractivity contribution in [2.45, 2.75) is 90.5 Å². The number of nitrogens with zero attached hydrogens (tertiary/aromatic N) is 14. The highest BCUT2D eigenvalue weighted by Crippen LogP contribution is 2.40. The smallest absolute Gasteiger partial charge is 0.262 e. The van der Waals surface area contributed by atoms with Gasteiger partial charge in [0.25, 0.3) is 17.7 Å². The molecule has 3 aliphatic carbocycles. The number of benzene rings is 6. The molecule has 6 aromatic carbocycles. The number of carbonyl (C=O) groups excluding carboxylic acids is 5. The minimum Gasteiger partial charge on any atom is -0.481 e. The van der Waals surface area contributed by atoms with Crippen LogP contribution in [-0.2, 0) is 40.2 Å². The molecule has 33 nitrogen and oxygen atoms in total. The summed E-state index contributed by atoms with van der Waals surface area (Å²) < 4.78 is 23.0. The lowest BCUT2D eigenvalue weighted by Gasteiger charge is -2.19. The molecule has 1 fully saturated rings. The summed E-state index contributed by atoms with van der Waals surface area (Å²) in [6, 6.07) is 63.5. The standard InChI is InChI=1S/C20H15N5O2.C20H21N3O2.C19H19N5O.C16H12N6O3.C14H15N5O/c26-19(23-20-22-18(24-25-20)17-8-4-5-13-21-17)14-9-11-16(12-10-14)27-15-6-2-1-3-7-15;1-13-6-5-7-14(2)19(13)24-17-9-4-3-8-16(17)21-12-18-22-23-20(25-18)15-10-11-15;25-17(12-13-8-9-14-5-1-2-6-15(14)11-13)21-19-22-18(23-24-19)16-7-3-4-10-20-16;23-12-8-25-13-9(4-3-6-10(13)18-12)15(24)20-16-19-14(21-22-16)11-5-1-2-7-17-11;20-13(10-6-2-1-3-7-10)17-14-16-12(18-19-14)11-8-4-5-9-15-11/h1-13H,(H2,22,23,24,25,26);3-9,15,21H,10-12H2,1-2H3;3-4,7-11H,1-2,5-6,12H2,(H2,21,22,23,24,25);1-7H,8H2,(H,18,23)(H2,19,20,21,22,24);1-2,4-5,8-10H,3,6-7H2,(H2,16,17,18,19,20). The summed E-state index contributed by atoms with van der Waals surface area (Å²) in [5.74, 6) is 6.91. The molecule has 0 radical (unpaired) electrons. The Bertz CT molecular complexity index is 6060. The molecular formula is C89H82N24O9. The molecule has 0 spiro atoms. The molecule has 10 N–H and O–H groups in total. The molecule has 1 saturated carbocycles. The van der Waals surface area contributed by atoms with Gasteiger partial charge in [-0.2, -0.15) is 19.9 Å². The van der Waals surface area contributed by atoms with Gasteiger partial charge in [-0.25, -0.2) is 0 Å². The van der Waals surface area contributed by atoms with Crippen LogP contribution in [-0.4, -0.2) is 127 Å². The van der Waals surface area contributed by atoms with Crippen molar-refractivity contribution in [2.75, 3.05) is 38.5 Å². The van der Waals surface area contributed by atoms with Gasteiger partial charge < -0.3 is 29.3 Å². The third-order valence-corrected chi connectivity index (χ3v) is 19.2. The number of H-pyrrole nitrogens is 4. The Labute approximate surface area is 698 Å². The van der Waals surface area contributed by atoms with Crippen LogP contribution in [0.3, 0.4) is 0 Å². The van der Waals surface area contributed by atoms with Crippen molar-refractivity contribution >= 4 is 64.7 Å². The Hall–Kier alpha value is -16.1. The van der Waals surface area contributed by atoms with Crippen LogP contribution in [0.15, 0.2) is 248 Å². The van der Waals surface area contributed by atoms with Crippen LogP contribution < -0.4 is 46.1 Å². The fourth-order valence-electron chi connectivity index (χ4n) is 12.9. The summed E-state index contributed by atoms with van der Waals surface area (Å²) in [6.45, 7) is 4.45. The van der Waals surface area contributed by atoms with Gasteiger partial charge in [-0.15, -0.1) is 30.6 Å². The Morgan fingerprint density at radius 3 is 1.64 bits per heavy atom. The van der Waals surface area contributed by atoms with Crippen molar-refractivity contribution in [1.82, 2.24) is 90.9 Å². The second-order valence-corrected chi connectivity index (χ2v) is 28.2. The molecule has 0 bridgehead atoms. The van der Waals surface area contributed by atoms with Crippen molar-refractivity contribution in [3.8, 4) is 74.8 Å². The average molecular weight is 1630 g/mol. The fourth-order valence-corrected chi connectivity index (χ4v) is 12.9. The lowest BCUT2D eigenvalue weighted by Crippen LogP contribution is -2.27. The minimum absolute atomic E-state index is 0.0109. The zero-order chi connectivity index (χ0) is 83.8. The second kappa shape index (κ2) is 39.7. The van der Waals surface area contributed by atoms with E-state index in [9.17, 15) is 24.0 Å². The van der Waals surface area contributed by atoms with Gasteiger partial charge in [0.1, 0.15) is 40.0 Å². The number of para-hydroxylation sites is 5. The van der Waals surface area contributed by atoms with E-state index in [0.717, 1.165) is 90.5 Å². The van der Waals surface area contributed by atoms with E-state index in [1.54, 1.807) is 85.5 Å². The number of fused-ring (bicyclic) bond motifs is 2. The van der Waals surface area contributed by atoms with Crippen LogP contribution in [0.25, 0.3) is 46.1 Å². The minimum atomic E-state index is -0.445. The van der Waals surface area contributed by atoms with Gasteiger partial charge >= 0.3 is 0 Å². The van der Waals surface area contributed by atoms with Crippen LogP contribution in [0.1, 0.15) is 111 Å². The number of nitrogens with one attached hydrogen (secondary N) is 10. The van der Waals surface area contributed by atoms with Gasteiger partial charge in [0, 0.05) is 42.2 Å². The predicted octanol–water partition coefficient (Wildman–Crippen LogP) is 15.4. The zero-order valence-corrected chi connectivity index (χ0v) is 66.2. The third kappa shape index (κ3) is 22.1. The highest BCUT2D eigenvalue weighted by molar-refractivity contribution is 6.08. The highest BCUT2D eigenvalue weighted by Gasteiger charge is 2.30. The number of ether oxygens (including phenoxy) is 3. The van der Waals surface area contributed by atoms with Gasteiger partial charge in [0.2, 0.25) is 47.4 Å². The van der Waals surface area contributed by atoms with E-state index in [2.05, 4.69) is 167 Å². The SMILES string of the molecule is Cc1cccc(C)c1Oc1ccccc1NCc1nnc(C2CC2)o1.O=C(Cc1ccc2c(c1)CCCC2)Nc1n[nH]c(-c2ccccn2)n1.O=C(Nc1n[nH]c(-c2ccccn2)n1)C1CC=CCC1.O=C(Nc1n[nH]c(-c2ccccn2)n1)c1ccc(Oc2ccccc2)cc1.O=C1COc2c(cccc2C(=O)Nc2n[nH]c(-c3ccccn3)n2)N1. The number of hydrogen-bond donors (Lipinski definition) is 10. The number of aromatic amines is 4. The molecule has 5 amide bonds. The molecule has 33 heteroatoms. The van der Waals surface area contributed by atoms with E-state index in [4.69, 9.17) is 18.6 Å². The van der Waals surface area contributed by atoms with Crippen molar-refractivity contribution in [1.29, 1.82) is 0 Å². The number of pyridine rings is 4. The first-order valence-electron chi connectivity index (χ1n) is 39.4. The number of carbonyl (C=O) groups is 5. The number of rotatable bonds is 21. The van der Waals surface area contributed by atoms with E-state index >= 15 is 0 Å². The van der Waals surface area contributed by atoms with E-state index in [-0.39, 0.29) is 59.6 Å². The van der Waals surface area contributed by atoms with Crippen molar-refractivity contribution in [3.63, 3.8) is 0 Å². The maximum absolute atomic E-state index is 12.5. The number of hydrogen-bond acceptors (Lipinski definition) is 24. The summed E-state index contributed by atoms with van der Waals surface area (Å²) in [4.78, 5) is 94.2. The lowest BCUT2D eigenvalue weighted by molar-refractivity contribution is -0.120. The Kier molecular flexibility index (Phi) is 26.4. The first kappa shape index (κ1) is 81.1. The molecule has 1 atom stereocenters. The van der Waals surface area contributed by atoms with Crippen LogP contribution >= 0.6 is 0 Å². The molecular weight excluding hydrogens is 1550 g/mol. The maximum atomic E-state index is 12.5. The van der Waals surface area contributed by atoms with Gasteiger partial charge in [-0.05, 0) is 209 Å². The van der Waals surface area contributed by atoms with Gasteiger partial charge in [0.15, 0.2) is 41.4 Å². The van der Waals surface area contributed by atoms with E-state index in [0.29, 0.717) is 99.5 Å². The highest BCUT2D eigenvalue weighted by atomic mass is 16.5. The van der Waals surface area contributed by atoms with E-state index < -0.39 is 5.91 Å². The maximum Gasteiger partial charge on any atom is 0.262 e. The van der Waals surface area contributed by atoms with Crippen molar-refractivity contribution < 1.29 is 42.6 Å². The molecule has 19 rings (SSSR count). The average Bonchev–Trinajstić information content (AvgIpc) is 0.999. The Morgan fingerprint density at radius 1 is 0.508 bits per heavy atom. The Morgan fingerprint density at radius 2 is 1.06 bits per heavy atom. The van der Waals surface area contributed by atoms with Crippen LogP contribution in [0, 0.1) is 19.8 Å². The van der Waals surface area contributed by atoms with Gasteiger partial charge in [0.05, 0.1) is 29.9 Å². The molecule has 122 heavy (non-hydrogen) atoms. The first-order chi connectivity index (χ1) is 59.8. The van der Waals surface area contributed by atoms with Crippen LogP contribution in [0.5, 0.6) is 28.7 Å². The second-order valence-electron chi connectivity index (χ2n) is 28.2. The number of anilines is 6. The normalized spacial score (nSPS) is 13.4.